The van der Waals surface area contributed by atoms with Gasteiger partial charge in [0.2, 0.25) is 11.5 Å². The lowest BCUT2D eigenvalue weighted by Crippen LogP contribution is -2.00. The van der Waals surface area contributed by atoms with Gasteiger partial charge in [-0.15, -0.1) is 0 Å². The van der Waals surface area contributed by atoms with Crippen molar-refractivity contribution in [3.63, 3.8) is 0 Å². The van der Waals surface area contributed by atoms with Gasteiger partial charge in [-0.25, -0.2) is 0 Å². The van der Waals surface area contributed by atoms with Crippen LogP contribution in [-0.4, -0.2) is 0 Å². The van der Waals surface area contributed by atoms with Crippen LogP contribution in [0.1, 0.15) is 17.1 Å². The lowest BCUT2D eigenvalue weighted by Gasteiger charge is -2.17. The highest BCUT2D eigenvalue weighted by Gasteiger charge is 2.27. The molecule has 0 saturated carbocycles. The Morgan fingerprint density at radius 3 is 2.17 bits per heavy atom. The van der Waals surface area contributed by atoms with Gasteiger partial charge in [-0.1, -0.05) is 42.5 Å². The third-order valence-electron chi connectivity index (χ3n) is 3.67. The van der Waals surface area contributed by atoms with Crippen LogP contribution in [0, 0.1) is 6.92 Å². The van der Waals surface area contributed by atoms with Crippen LogP contribution < -0.4 is 9.47 Å². The van der Waals surface area contributed by atoms with E-state index < -0.39 is 0 Å². The maximum atomic E-state index is 5.93. The standard InChI is InChI=1S/C19H16O4/c1-13-18-19(23-16-10-6-5-9-15(16)22-18)17(21-13)12-20-11-14-7-3-2-4-8-14/h2-10H,11-12H2,1H3. The lowest BCUT2D eigenvalue weighted by molar-refractivity contribution is 0.0904. The van der Waals surface area contributed by atoms with Gasteiger partial charge in [-0.2, -0.15) is 0 Å². The van der Waals surface area contributed by atoms with Gasteiger partial charge < -0.3 is 18.6 Å². The monoisotopic (exact) mass is 308 g/mol. The van der Waals surface area contributed by atoms with Crippen molar-refractivity contribution in [1.82, 2.24) is 0 Å². The summed E-state index contributed by atoms with van der Waals surface area (Å²) in [5, 5.41) is 0. The summed E-state index contributed by atoms with van der Waals surface area (Å²) < 4.78 is 23.3. The predicted octanol–water partition coefficient (Wildman–Crippen LogP) is 5.20. The Labute approximate surface area is 134 Å². The van der Waals surface area contributed by atoms with Crippen LogP contribution in [0.15, 0.2) is 59.0 Å². The first-order chi connectivity index (χ1) is 11.3. The van der Waals surface area contributed by atoms with Crippen LogP contribution in [0.3, 0.4) is 0 Å². The molecular weight excluding hydrogens is 292 g/mol. The molecule has 0 N–H and O–H groups in total. The van der Waals surface area contributed by atoms with Crippen LogP contribution in [0.2, 0.25) is 0 Å². The summed E-state index contributed by atoms with van der Waals surface area (Å²) in [6.07, 6.45) is 0. The molecule has 2 aromatic carbocycles. The van der Waals surface area contributed by atoms with Crippen LogP contribution in [0.4, 0.5) is 0 Å². The van der Waals surface area contributed by atoms with Crippen LogP contribution in [0.5, 0.6) is 23.0 Å². The van der Waals surface area contributed by atoms with E-state index >= 15 is 0 Å². The third-order valence-corrected chi connectivity index (χ3v) is 3.67. The summed E-state index contributed by atoms with van der Waals surface area (Å²) in [6, 6.07) is 17.6. The first-order valence-electron chi connectivity index (χ1n) is 7.50. The topological polar surface area (TPSA) is 40.8 Å². The fourth-order valence-electron chi connectivity index (χ4n) is 2.56. The Morgan fingerprint density at radius 2 is 1.43 bits per heavy atom. The van der Waals surface area contributed by atoms with Crippen molar-refractivity contribution >= 4 is 0 Å². The molecule has 4 heteroatoms. The van der Waals surface area contributed by atoms with E-state index in [-0.39, 0.29) is 0 Å². The molecule has 3 aromatic rings. The van der Waals surface area contributed by atoms with Crippen molar-refractivity contribution in [2.45, 2.75) is 20.1 Å². The molecule has 0 unspecified atom stereocenters. The minimum atomic E-state index is 0.330. The van der Waals surface area contributed by atoms with Gasteiger partial charge in [-0.05, 0) is 24.6 Å². The Bertz CT molecular complexity index is 821. The van der Waals surface area contributed by atoms with Gasteiger partial charge in [0, 0.05) is 0 Å². The van der Waals surface area contributed by atoms with Crippen molar-refractivity contribution < 1.29 is 18.6 Å². The molecule has 4 nitrogen and oxygen atoms in total. The summed E-state index contributed by atoms with van der Waals surface area (Å²) in [6.45, 7) is 2.71. The largest absolute Gasteiger partial charge is 0.456 e. The zero-order valence-corrected chi connectivity index (χ0v) is 12.7. The predicted molar refractivity (Wildman–Crippen MR) is 85.0 cm³/mol. The van der Waals surface area contributed by atoms with E-state index in [2.05, 4.69) is 0 Å². The molecule has 1 aliphatic heterocycles. The second-order valence-corrected chi connectivity index (χ2v) is 5.37. The SMILES string of the molecule is Cc1oc(COCc2ccccc2)c2c1Oc1ccccc1O2. The van der Waals surface area contributed by atoms with Crippen LogP contribution in [0.25, 0.3) is 0 Å². The van der Waals surface area contributed by atoms with Gasteiger partial charge in [0.05, 0.1) is 6.61 Å². The van der Waals surface area contributed by atoms with E-state index in [1.54, 1.807) is 0 Å². The maximum absolute atomic E-state index is 5.93. The van der Waals surface area contributed by atoms with Crippen LogP contribution in [-0.2, 0) is 18.0 Å². The van der Waals surface area contributed by atoms with E-state index in [1.165, 1.54) is 0 Å². The molecular formula is C19H16O4. The lowest BCUT2D eigenvalue weighted by atomic mass is 10.2. The molecule has 0 fully saturated rings. The highest BCUT2D eigenvalue weighted by molar-refractivity contribution is 5.57. The van der Waals surface area contributed by atoms with Gasteiger partial charge in [0.25, 0.3) is 0 Å². The van der Waals surface area contributed by atoms with Gasteiger partial charge in [0.15, 0.2) is 17.3 Å². The first kappa shape index (κ1) is 13.9. The number of benzene rings is 2. The fraction of sp³-hybridized carbons (Fsp3) is 0.158. The van der Waals surface area contributed by atoms with Gasteiger partial charge in [-0.3, -0.25) is 0 Å². The van der Waals surface area contributed by atoms with E-state index in [0.29, 0.717) is 47.7 Å². The molecule has 1 aliphatic rings. The molecule has 0 saturated heterocycles. The number of ether oxygens (including phenoxy) is 3. The minimum Gasteiger partial charge on any atom is -0.456 e. The summed E-state index contributed by atoms with van der Waals surface area (Å²) in [4.78, 5) is 0. The molecule has 0 aliphatic carbocycles. The highest BCUT2D eigenvalue weighted by Crippen LogP contribution is 2.50. The van der Waals surface area contributed by atoms with Crippen molar-refractivity contribution in [3.8, 4) is 23.0 Å². The minimum absolute atomic E-state index is 0.330. The average molecular weight is 308 g/mol. The normalized spacial score (nSPS) is 12.0. The number of furan rings is 1. The Kier molecular flexibility index (Phi) is 3.52. The smallest absolute Gasteiger partial charge is 0.214 e. The summed E-state index contributed by atoms with van der Waals surface area (Å²) in [5.74, 6) is 3.94. The molecule has 0 radical (unpaired) electrons. The Balaban J connectivity index is 1.51. The van der Waals surface area contributed by atoms with E-state index in [0.717, 1.165) is 5.56 Å². The van der Waals surface area contributed by atoms with Crippen molar-refractivity contribution in [2.75, 3.05) is 0 Å². The first-order valence-corrected chi connectivity index (χ1v) is 7.50. The van der Waals surface area contributed by atoms with Crippen molar-refractivity contribution in [1.29, 1.82) is 0 Å². The second kappa shape index (κ2) is 5.82. The quantitative estimate of drug-likeness (QED) is 0.519. The number of para-hydroxylation sites is 2. The Morgan fingerprint density at radius 1 is 0.783 bits per heavy atom. The Hall–Kier alpha value is -2.72. The molecule has 0 atom stereocenters. The number of aryl methyl sites for hydroxylation is 1. The summed E-state index contributed by atoms with van der Waals surface area (Å²) in [5.41, 5.74) is 1.12. The number of hydrogen-bond acceptors (Lipinski definition) is 4. The molecule has 4 rings (SSSR count). The molecule has 0 bridgehead atoms. The van der Waals surface area contributed by atoms with Crippen molar-refractivity contribution in [3.05, 3.63) is 71.7 Å². The zero-order chi connectivity index (χ0) is 15.6. The van der Waals surface area contributed by atoms with Gasteiger partial charge in [0.1, 0.15) is 12.4 Å². The molecule has 0 amide bonds. The van der Waals surface area contributed by atoms with Gasteiger partial charge >= 0.3 is 0 Å². The van der Waals surface area contributed by atoms with Crippen LogP contribution >= 0.6 is 0 Å². The molecule has 116 valence electrons. The summed E-state index contributed by atoms with van der Waals surface area (Å²) in [7, 11) is 0. The molecule has 23 heavy (non-hydrogen) atoms. The number of rotatable bonds is 4. The molecule has 2 heterocycles. The number of hydrogen-bond donors (Lipinski definition) is 0. The second-order valence-electron chi connectivity index (χ2n) is 5.37. The number of fused-ring (bicyclic) bond motifs is 2. The van der Waals surface area contributed by atoms with Crippen molar-refractivity contribution in [2.24, 2.45) is 0 Å². The average Bonchev–Trinajstić information content (AvgIpc) is 2.89. The highest BCUT2D eigenvalue weighted by atomic mass is 16.6. The zero-order valence-electron chi connectivity index (χ0n) is 12.7. The third kappa shape index (κ3) is 2.69. The maximum Gasteiger partial charge on any atom is 0.214 e. The van der Waals surface area contributed by atoms with E-state index in [9.17, 15) is 0 Å². The molecule has 1 aromatic heterocycles. The van der Waals surface area contributed by atoms with E-state index in [1.807, 2.05) is 61.5 Å². The fourth-order valence-corrected chi connectivity index (χ4v) is 2.56. The molecule has 0 spiro atoms. The summed E-state index contributed by atoms with van der Waals surface area (Å²) >= 11 is 0. The van der Waals surface area contributed by atoms with E-state index in [4.69, 9.17) is 18.6 Å².